The van der Waals surface area contributed by atoms with Crippen LogP contribution in [0.5, 0.6) is 0 Å². The molecule has 3 aromatic rings. The molecule has 0 saturated heterocycles. The molecule has 3 amide bonds. The Bertz CT molecular complexity index is 1290. The van der Waals surface area contributed by atoms with E-state index in [2.05, 4.69) is 30.9 Å². The van der Waals surface area contributed by atoms with E-state index in [4.69, 9.17) is 5.73 Å². The molecule has 13 heteroatoms. The molecule has 0 radical (unpaired) electrons. The second-order valence-corrected chi connectivity index (χ2v) is 9.81. The highest BCUT2D eigenvalue weighted by molar-refractivity contribution is 5.95. The molecule has 5 unspecified atom stereocenters. The van der Waals surface area contributed by atoms with Crippen LogP contribution in [0.4, 0.5) is 0 Å². The summed E-state index contributed by atoms with van der Waals surface area (Å²) in [5.74, 6) is -3.91. The van der Waals surface area contributed by atoms with E-state index >= 15 is 0 Å². The molecule has 5 atom stereocenters. The molecule has 0 aliphatic heterocycles. The number of rotatable bonds is 13. The van der Waals surface area contributed by atoms with Crippen LogP contribution in [0.1, 0.15) is 32.0 Å². The minimum Gasteiger partial charge on any atom is -0.480 e. The second-order valence-electron chi connectivity index (χ2n) is 9.81. The molecule has 0 aliphatic rings. The zero-order chi connectivity index (χ0) is 28.7. The van der Waals surface area contributed by atoms with Crippen molar-refractivity contribution >= 4 is 34.6 Å². The largest absolute Gasteiger partial charge is 0.480 e. The third kappa shape index (κ3) is 7.65. The fourth-order valence-corrected chi connectivity index (χ4v) is 4.15. The lowest BCUT2D eigenvalue weighted by atomic mass is 10.0. The maximum Gasteiger partial charge on any atom is 0.326 e. The van der Waals surface area contributed by atoms with Crippen LogP contribution in [0, 0.1) is 5.92 Å². The molecule has 2 aromatic heterocycles. The van der Waals surface area contributed by atoms with Gasteiger partial charge in [0, 0.05) is 41.8 Å². The van der Waals surface area contributed by atoms with Crippen molar-refractivity contribution in [2.45, 2.75) is 63.9 Å². The average Bonchev–Trinajstić information content (AvgIpc) is 3.54. The van der Waals surface area contributed by atoms with Crippen molar-refractivity contribution in [1.29, 1.82) is 0 Å². The number of H-pyrrole nitrogens is 2. The van der Waals surface area contributed by atoms with Gasteiger partial charge in [-0.25, -0.2) is 9.78 Å². The lowest BCUT2D eigenvalue weighted by molar-refractivity contribution is -0.144. The summed E-state index contributed by atoms with van der Waals surface area (Å²) in [6, 6.07) is 2.57. The molecule has 9 N–H and O–H groups in total. The van der Waals surface area contributed by atoms with E-state index in [1.54, 1.807) is 20.0 Å². The van der Waals surface area contributed by atoms with Crippen molar-refractivity contribution < 1.29 is 29.4 Å². The van der Waals surface area contributed by atoms with E-state index in [1.807, 2.05) is 24.3 Å². The smallest absolute Gasteiger partial charge is 0.326 e. The molecule has 0 spiro atoms. The van der Waals surface area contributed by atoms with E-state index in [0.717, 1.165) is 16.5 Å². The number of carbonyl (C=O) groups excluding carboxylic acids is 3. The number of carbonyl (C=O) groups is 4. The molecule has 0 fully saturated rings. The third-order valence-electron chi connectivity index (χ3n) is 6.36. The number of aliphatic hydroxyl groups excluding tert-OH is 1. The van der Waals surface area contributed by atoms with Crippen molar-refractivity contribution in [3.05, 3.63) is 54.2 Å². The van der Waals surface area contributed by atoms with Gasteiger partial charge in [-0.15, -0.1) is 0 Å². The number of benzene rings is 1. The first-order chi connectivity index (χ1) is 18.5. The number of aromatic amines is 2. The van der Waals surface area contributed by atoms with Gasteiger partial charge in [0.25, 0.3) is 0 Å². The van der Waals surface area contributed by atoms with Crippen LogP contribution in [0.15, 0.2) is 43.0 Å². The minimum atomic E-state index is -1.47. The molecule has 0 bridgehead atoms. The number of hydrogen-bond donors (Lipinski definition) is 8. The van der Waals surface area contributed by atoms with E-state index < -0.39 is 59.9 Å². The third-order valence-corrected chi connectivity index (χ3v) is 6.36. The van der Waals surface area contributed by atoms with Gasteiger partial charge in [-0.1, -0.05) is 32.0 Å². The van der Waals surface area contributed by atoms with Gasteiger partial charge in [-0.3, -0.25) is 14.4 Å². The highest BCUT2D eigenvalue weighted by atomic mass is 16.4. The van der Waals surface area contributed by atoms with Crippen LogP contribution in [-0.4, -0.2) is 79.1 Å². The number of nitrogens with zero attached hydrogens (tertiary/aromatic N) is 1. The molecule has 13 nitrogen and oxygen atoms in total. The lowest BCUT2D eigenvalue weighted by Crippen LogP contribution is -2.60. The monoisotopic (exact) mass is 541 g/mol. The molecule has 0 saturated carbocycles. The Morgan fingerprint density at radius 2 is 1.64 bits per heavy atom. The highest BCUT2D eigenvalue weighted by Crippen LogP contribution is 2.19. The number of amides is 3. The molecule has 0 aliphatic carbocycles. The summed E-state index contributed by atoms with van der Waals surface area (Å²) in [6.45, 7) is 4.53. The summed E-state index contributed by atoms with van der Waals surface area (Å²) in [5.41, 5.74) is 8.28. The first-order valence-corrected chi connectivity index (χ1v) is 12.6. The highest BCUT2D eigenvalue weighted by Gasteiger charge is 2.34. The Hall–Kier alpha value is -4.23. The predicted octanol–water partition coefficient (Wildman–Crippen LogP) is -0.421. The van der Waals surface area contributed by atoms with Gasteiger partial charge in [0.05, 0.1) is 18.5 Å². The zero-order valence-electron chi connectivity index (χ0n) is 22.0. The molecule has 39 heavy (non-hydrogen) atoms. The van der Waals surface area contributed by atoms with Gasteiger partial charge in [-0.05, 0) is 24.5 Å². The van der Waals surface area contributed by atoms with E-state index in [1.165, 1.54) is 19.4 Å². The van der Waals surface area contributed by atoms with Crippen LogP contribution in [0.2, 0.25) is 0 Å². The Morgan fingerprint density at radius 3 is 2.26 bits per heavy atom. The predicted molar refractivity (Wildman–Crippen MR) is 142 cm³/mol. The number of aliphatic carboxylic acids is 1. The standard InChI is InChI=1S/C26H35N7O6/c1-13(2)21(26(38)39)32-25(37)22(14(3)34)33-24(36)20(8-15-10-29-19-7-5-4-6-17(15)19)31-23(35)18(27)9-16-11-28-12-30-16/h4-7,10-14,18,20-22,29,34H,8-9,27H2,1-3H3,(H,28,30)(H,31,35)(H,32,37)(H,33,36)(H,38,39). The van der Waals surface area contributed by atoms with E-state index in [9.17, 15) is 29.4 Å². The summed E-state index contributed by atoms with van der Waals surface area (Å²) in [7, 11) is 0. The number of aromatic nitrogens is 3. The van der Waals surface area contributed by atoms with Crippen LogP contribution >= 0.6 is 0 Å². The van der Waals surface area contributed by atoms with Crippen LogP contribution in [-0.2, 0) is 32.0 Å². The average molecular weight is 542 g/mol. The Morgan fingerprint density at radius 1 is 0.949 bits per heavy atom. The van der Waals surface area contributed by atoms with Crippen molar-refractivity contribution in [1.82, 2.24) is 30.9 Å². The number of nitrogens with two attached hydrogens (primary N) is 1. The van der Waals surface area contributed by atoms with Gasteiger partial charge in [-0.2, -0.15) is 0 Å². The van der Waals surface area contributed by atoms with Crippen molar-refractivity contribution in [2.24, 2.45) is 11.7 Å². The van der Waals surface area contributed by atoms with E-state index in [0.29, 0.717) is 5.69 Å². The first-order valence-electron chi connectivity index (χ1n) is 12.6. The van der Waals surface area contributed by atoms with Crippen molar-refractivity contribution in [3.63, 3.8) is 0 Å². The Balaban J connectivity index is 1.82. The molecular weight excluding hydrogens is 506 g/mol. The number of carboxylic acids is 1. The fourth-order valence-electron chi connectivity index (χ4n) is 4.15. The number of para-hydroxylation sites is 1. The number of nitrogens with one attached hydrogen (secondary N) is 5. The van der Waals surface area contributed by atoms with Gasteiger partial charge in [0.2, 0.25) is 17.7 Å². The maximum atomic E-state index is 13.5. The quantitative estimate of drug-likeness (QED) is 0.142. The van der Waals surface area contributed by atoms with Gasteiger partial charge in [0.15, 0.2) is 0 Å². The molecule has 2 heterocycles. The van der Waals surface area contributed by atoms with Crippen molar-refractivity contribution in [2.75, 3.05) is 0 Å². The van der Waals surface area contributed by atoms with Crippen LogP contribution in [0.3, 0.4) is 0 Å². The number of carboxylic acid groups (broad SMARTS) is 1. The number of aliphatic hydroxyl groups is 1. The minimum absolute atomic E-state index is 0.0518. The first kappa shape index (κ1) is 29.3. The maximum absolute atomic E-state index is 13.5. The summed E-state index contributed by atoms with van der Waals surface area (Å²) in [4.78, 5) is 60.8. The lowest BCUT2D eigenvalue weighted by Gasteiger charge is -2.27. The van der Waals surface area contributed by atoms with Gasteiger partial charge in [0.1, 0.15) is 18.1 Å². The van der Waals surface area contributed by atoms with Gasteiger partial charge >= 0.3 is 5.97 Å². The SMILES string of the molecule is CC(C)C(NC(=O)C(NC(=O)C(Cc1c[nH]c2ccccc12)NC(=O)C(N)Cc1cnc[nH]1)C(C)O)C(=O)O. The van der Waals surface area contributed by atoms with Crippen LogP contribution in [0.25, 0.3) is 10.9 Å². The number of fused-ring (bicyclic) bond motifs is 1. The molecular formula is C26H35N7O6. The fraction of sp³-hybridized carbons (Fsp3) is 0.423. The molecule has 210 valence electrons. The van der Waals surface area contributed by atoms with E-state index in [-0.39, 0.29) is 12.8 Å². The summed E-state index contributed by atoms with van der Waals surface area (Å²) in [6.07, 6.45) is 3.57. The summed E-state index contributed by atoms with van der Waals surface area (Å²) < 4.78 is 0. The topological polar surface area (TPSA) is 215 Å². The molecule has 1 aromatic carbocycles. The Kier molecular flexibility index (Phi) is 9.79. The zero-order valence-corrected chi connectivity index (χ0v) is 22.0. The van der Waals surface area contributed by atoms with Crippen LogP contribution < -0.4 is 21.7 Å². The normalized spacial score (nSPS) is 15.2. The number of hydrogen-bond acceptors (Lipinski definition) is 7. The summed E-state index contributed by atoms with van der Waals surface area (Å²) in [5, 5.41) is 28.0. The molecule has 3 rings (SSSR count). The second kappa shape index (κ2) is 13.0. The van der Waals surface area contributed by atoms with Crippen molar-refractivity contribution in [3.8, 4) is 0 Å². The van der Waals surface area contributed by atoms with Gasteiger partial charge < -0.3 is 41.9 Å². The Labute approximate surface area is 225 Å². The summed E-state index contributed by atoms with van der Waals surface area (Å²) >= 11 is 0. The number of imidazole rings is 1.